The number of hydrogen-bond acceptors (Lipinski definition) is 2. The van der Waals surface area contributed by atoms with Gasteiger partial charge in [-0.15, -0.1) is 0 Å². The minimum atomic E-state index is 0.293. The Morgan fingerprint density at radius 1 is 1.55 bits per heavy atom. The Bertz CT molecular complexity index is 156. The predicted molar refractivity (Wildman–Crippen MR) is 44.2 cm³/mol. The molecule has 2 N–H and O–H groups in total. The molecule has 2 nitrogen and oxygen atoms in total. The fourth-order valence-electron chi connectivity index (χ4n) is 2.08. The lowest BCUT2D eigenvalue weighted by atomic mass is 9.81. The summed E-state index contributed by atoms with van der Waals surface area (Å²) in [6, 6.07) is 0. The second kappa shape index (κ2) is 2.46. The number of hydrogen-bond donors (Lipinski definition) is 1. The lowest BCUT2D eigenvalue weighted by Gasteiger charge is -2.28. The highest BCUT2D eigenvalue weighted by Crippen LogP contribution is 2.46. The monoisotopic (exact) mass is 155 g/mol. The van der Waals surface area contributed by atoms with Gasteiger partial charge in [-0.1, -0.05) is 6.92 Å². The minimum absolute atomic E-state index is 0.293. The van der Waals surface area contributed by atoms with Crippen molar-refractivity contribution >= 4 is 0 Å². The van der Waals surface area contributed by atoms with Crippen molar-refractivity contribution in [2.75, 3.05) is 13.2 Å². The topological polar surface area (TPSA) is 35.2 Å². The molecule has 1 saturated carbocycles. The Morgan fingerprint density at radius 3 is 2.82 bits per heavy atom. The summed E-state index contributed by atoms with van der Waals surface area (Å²) in [6.07, 6.45) is 4.36. The molecule has 1 heterocycles. The maximum Gasteiger partial charge on any atom is 0.0669 e. The van der Waals surface area contributed by atoms with E-state index in [1.807, 2.05) is 0 Å². The fraction of sp³-hybridized carbons (Fsp3) is 1.00. The molecule has 0 aromatic heterocycles. The third kappa shape index (κ3) is 1.18. The Labute approximate surface area is 68.1 Å². The third-order valence-electron chi connectivity index (χ3n) is 3.17. The molecule has 0 aromatic rings. The van der Waals surface area contributed by atoms with E-state index in [-0.39, 0.29) is 0 Å². The van der Waals surface area contributed by atoms with E-state index in [1.54, 1.807) is 0 Å². The zero-order valence-corrected chi connectivity index (χ0v) is 7.18. The Morgan fingerprint density at radius 2 is 2.27 bits per heavy atom. The maximum atomic E-state index is 5.74. The van der Waals surface area contributed by atoms with Gasteiger partial charge in [-0.3, -0.25) is 0 Å². The van der Waals surface area contributed by atoms with Crippen molar-refractivity contribution in [3.05, 3.63) is 0 Å². The van der Waals surface area contributed by atoms with Gasteiger partial charge < -0.3 is 10.5 Å². The summed E-state index contributed by atoms with van der Waals surface area (Å²) >= 11 is 0. The summed E-state index contributed by atoms with van der Waals surface area (Å²) in [6.45, 7) is 3.98. The van der Waals surface area contributed by atoms with Crippen LogP contribution in [0, 0.1) is 11.3 Å². The molecule has 0 aromatic carbocycles. The molecule has 0 radical (unpaired) electrons. The van der Waals surface area contributed by atoms with Gasteiger partial charge in [-0.05, 0) is 25.2 Å². The fourth-order valence-corrected chi connectivity index (χ4v) is 2.08. The molecule has 0 spiro atoms. The maximum absolute atomic E-state index is 5.74. The van der Waals surface area contributed by atoms with Gasteiger partial charge in [0, 0.05) is 18.6 Å². The van der Waals surface area contributed by atoms with Crippen LogP contribution in [0.3, 0.4) is 0 Å². The van der Waals surface area contributed by atoms with Crippen molar-refractivity contribution in [1.29, 1.82) is 0 Å². The van der Waals surface area contributed by atoms with Crippen LogP contribution in [0.2, 0.25) is 0 Å². The van der Waals surface area contributed by atoms with Gasteiger partial charge in [0.1, 0.15) is 0 Å². The quantitative estimate of drug-likeness (QED) is 0.649. The molecule has 11 heavy (non-hydrogen) atoms. The first kappa shape index (κ1) is 7.56. The average Bonchev–Trinajstić information content (AvgIpc) is 2.77. The van der Waals surface area contributed by atoms with Crippen LogP contribution in [-0.2, 0) is 4.74 Å². The Balaban J connectivity index is 2.05. The van der Waals surface area contributed by atoms with Crippen LogP contribution in [0.15, 0.2) is 0 Å². The molecule has 2 heteroatoms. The van der Waals surface area contributed by atoms with Gasteiger partial charge in [0.15, 0.2) is 0 Å². The van der Waals surface area contributed by atoms with Crippen LogP contribution >= 0.6 is 0 Å². The van der Waals surface area contributed by atoms with Crippen LogP contribution < -0.4 is 5.73 Å². The van der Waals surface area contributed by atoms with Crippen LogP contribution in [0.5, 0.6) is 0 Å². The molecule has 2 fully saturated rings. The van der Waals surface area contributed by atoms with E-state index in [9.17, 15) is 0 Å². The third-order valence-corrected chi connectivity index (χ3v) is 3.17. The van der Waals surface area contributed by atoms with Gasteiger partial charge in [0.2, 0.25) is 0 Å². The van der Waals surface area contributed by atoms with Gasteiger partial charge in [-0.2, -0.15) is 0 Å². The normalized spacial score (nSPS) is 44.7. The average molecular weight is 155 g/mol. The SMILES string of the molecule is C[C@]1(CN)CCO[C@H]1C1CC1. The molecule has 0 amide bonds. The van der Waals surface area contributed by atoms with Crippen LogP contribution in [0.4, 0.5) is 0 Å². The van der Waals surface area contributed by atoms with Gasteiger partial charge >= 0.3 is 0 Å². The first-order chi connectivity index (χ1) is 5.26. The lowest BCUT2D eigenvalue weighted by Crippen LogP contribution is -2.36. The standard InChI is InChI=1S/C9H17NO/c1-9(6-10)4-5-11-8(9)7-2-3-7/h7-8H,2-6,10H2,1H3/t8-,9+/m0/s1. The van der Waals surface area contributed by atoms with E-state index < -0.39 is 0 Å². The predicted octanol–water partition coefficient (Wildman–Crippen LogP) is 1.15. The molecule has 1 aliphatic heterocycles. The Kier molecular flexibility index (Phi) is 1.69. The molecule has 2 atom stereocenters. The summed E-state index contributed by atoms with van der Waals surface area (Å²) in [5, 5.41) is 0. The summed E-state index contributed by atoms with van der Waals surface area (Å²) in [7, 11) is 0. The van der Waals surface area contributed by atoms with E-state index in [0.29, 0.717) is 11.5 Å². The van der Waals surface area contributed by atoms with E-state index >= 15 is 0 Å². The van der Waals surface area contributed by atoms with Crippen molar-refractivity contribution in [3.8, 4) is 0 Å². The molecule has 0 bridgehead atoms. The molecule has 1 aliphatic carbocycles. The van der Waals surface area contributed by atoms with Gasteiger partial charge in [0.05, 0.1) is 6.10 Å². The molecule has 1 saturated heterocycles. The van der Waals surface area contributed by atoms with Crippen molar-refractivity contribution in [3.63, 3.8) is 0 Å². The van der Waals surface area contributed by atoms with Crippen molar-refractivity contribution < 1.29 is 4.74 Å². The second-order valence-corrected chi connectivity index (χ2v) is 4.24. The smallest absolute Gasteiger partial charge is 0.0669 e. The first-order valence-corrected chi connectivity index (χ1v) is 4.58. The molecule has 64 valence electrons. The van der Waals surface area contributed by atoms with E-state index in [1.165, 1.54) is 12.8 Å². The number of rotatable bonds is 2. The highest BCUT2D eigenvalue weighted by atomic mass is 16.5. The van der Waals surface area contributed by atoms with E-state index in [0.717, 1.165) is 25.5 Å². The van der Waals surface area contributed by atoms with Crippen LogP contribution in [0.25, 0.3) is 0 Å². The molecule has 2 aliphatic rings. The zero-order chi connectivity index (χ0) is 7.90. The molecule has 2 rings (SSSR count). The zero-order valence-electron chi connectivity index (χ0n) is 7.18. The van der Waals surface area contributed by atoms with Crippen LogP contribution in [-0.4, -0.2) is 19.3 Å². The largest absolute Gasteiger partial charge is 0.377 e. The minimum Gasteiger partial charge on any atom is -0.377 e. The van der Waals surface area contributed by atoms with Crippen molar-refractivity contribution in [1.82, 2.24) is 0 Å². The lowest BCUT2D eigenvalue weighted by molar-refractivity contribution is 0.0423. The van der Waals surface area contributed by atoms with Crippen molar-refractivity contribution in [2.45, 2.75) is 32.3 Å². The van der Waals surface area contributed by atoms with Crippen molar-refractivity contribution in [2.24, 2.45) is 17.1 Å². The van der Waals surface area contributed by atoms with E-state index in [4.69, 9.17) is 10.5 Å². The van der Waals surface area contributed by atoms with Gasteiger partial charge in [-0.25, -0.2) is 0 Å². The second-order valence-electron chi connectivity index (χ2n) is 4.24. The molecular formula is C9H17NO. The first-order valence-electron chi connectivity index (χ1n) is 4.58. The number of ether oxygens (including phenoxy) is 1. The highest BCUT2D eigenvalue weighted by molar-refractivity contribution is 4.97. The summed E-state index contributed by atoms with van der Waals surface area (Å²) in [5.74, 6) is 0.839. The van der Waals surface area contributed by atoms with E-state index in [2.05, 4.69) is 6.92 Å². The van der Waals surface area contributed by atoms with Gasteiger partial charge in [0.25, 0.3) is 0 Å². The Hall–Kier alpha value is -0.0800. The summed E-state index contributed by atoms with van der Waals surface area (Å²) < 4.78 is 5.70. The summed E-state index contributed by atoms with van der Waals surface area (Å²) in [4.78, 5) is 0. The summed E-state index contributed by atoms with van der Waals surface area (Å²) in [5.41, 5.74) is 6.04. The molecular weight excluding hydrogens is 138 g/mol. The van der Waals surface area contributed by atoms with Crippen LogP contribution in [0.1, 0.15) is 26.2 Å². The highest BCUT2D eigenvalue weighted by Gasteiger charge is 2.47. The number of nitrogens with two attached hydrogens (primary N) is 1. The molecule has 0 unspecified atom stereocenters.